The maximum Gasteiger partial charge on any atom is 0.147 e. The number of ether oxygens (including phenoxy) is 2. The lowest BCUT2D eigenvalue weighted by Gasteiger charge is -2.43. The summed E-state index contributed by atoms with van der Waals surface area (Å²) in [5.74, 6) is 0.388. The first-order valence-electron chi connectivity index (χ1n) is 10.4. The third kappa shape index (κ3) is 4.37. The van der Waals surface area contributed by atoms with E-state index in [1.54, 1.807) is 7.05 Å². The number of halogens is 1. The Morgan fingerprint density at radius 3 is 2.96 bits per heavy atom. The van der Waals surface area contributed by atoms with Crippen molar-refractivity contribution in [1.82, 2.24) is 26.6 Å². The zero-order chi connectivity index (χ0) is 18.8. The Hall–Kier alpha value is -0.610. The van der Waals surface area contributed by atoms with Crippen molar-refractivity contribution < 1.29 is 13.9 Å². The molecular formula is C19H34FN5O2. The predicted molar refractivity (Wildman–Crippen MR) is 102 cm³/mol. The molecule has 8 atom stereocenters. The summed E-state index contributed by atoms with van der Waals surface area (Å²) in [6.45, 7) is 4.30. The van der Waals surface area contributed by atoms with Crippen LogP contribution in [0.5, 0.6) is 0 Å². The van der Waals surface area contributed by atoms with Crippen molar-refractivity contribution in [2.75, 3.05) is 26.9 Å². The normalized spacial score (nSPS) is 45.8. The topological polar surface area (TPSA) is 78.6 Å². The number of nitrogens with one attached hydrogen (secondary N) is 5. The van der Waals surface area contributed by atoms with E-state index in [1.165, 1.54) is 12.0 Å². The van der Waals surface area contributed by atoms with E-state index in [1.807, 2.05) is 6.92 Å². The van der Waals surface area contributed by atoms with Crippen LogP contribution in [-0.2, 0) is 9.47 Å². The molecule has 27 heavy (non-hydrogen) atoms. The molecule has 4 rings (SSSR count). The van der Waals surface area contributed by atoms with E-state index < -0.39 is 6.17 Å². The highest BCUT2D eigenvalue weighted by Crippen LogP contribution is 2.39. The molecule has 1 saturated carbocycles. The number of hydrogen-bond donors (Lipinski definition) is 5. The van der Waals surface area contributed by atoms with Gasteiger partial charge in [0, 0.05) is 24.5 Å². The molecule has 3 aliphatic heterocycles. The van der Waals surface area contributed by atoms with Gasteiger partial charge in [-0.3, -0.25) is 16.0 Å². The first-order valence-corrected chi connectivity index (χ1v) is 10.4. The van der Waals surface area contributed by atoms with Gasteiger partial charge in [-0.05, 0) is 46.2 Å². The third-order valence-corrected chi connectivity index (χ3v) is 6.45. The number of fused-ring (bicyclic) bond motifs is 1. The van der Waals surface area contributed by atoms with Crippen molar-refractivity contribution >= 4 is 0 Å². The van der Waals surface area contributed by atoms with Crippen LogP contribution in [0.2, 0.25) is 0 Å². The second-order valence-corrected chi connectivity index (χ2v) is 8.25. The maximum atomic E-state index is 14.2. The molecule has 7 nitrogen and oxygen atoms in total. The van der Waals surface area contributed by atoms with Crippen LogP contribution in [0.4, 0.5) is 4.39 Å². The molecular weight excluding hydrogens is 349 g/mol. The molecule has 8 unspecified atom stereocenters. The average molecular weight is 384 g/mol. The zero-order valence-electron chi connectivity index (χ0n) is 16.3. The van der Waals surface area contributed by atoms with Crippen molar-refractivity contribution in [3.63, 3.8) is 0 Å². The largest absolute Gasteiger partial charge is 0.349 e. The van der Waals surface area contributed by atoms with Crippen LogP contribution < -0.4 is 26.6 Å². The monoisotopic (exact) mass is 383 g/mol. The number of alkyl halides is 1. The highest BCUT2D eigenvalue weighted by Gasteiger charge is 2.45. The summed E-state index contributed by atoms with van der Waals surface area (Å²) in [5.41, 5.74) is 1.50. The van der Waals surface area contributed by atoms with Crippen LogP contribution in [0.25, 0.3) is 0 Å². The van der Waals surface area contributed by atoms with E-state index in [-0.39, 0.29) is 30.7 Å². The van der Waals surface area contributed by atoms with Gasteiger partial charge in [0.25, 0.3) is 0 Å². The molecule has 0 bridgehead atoms. The van der Waals surface area contributed by atoms with Gasteiger partial charge in [0.2, 0.25) is 0 Å². The Kier molecular flexibility index (Phi) is 6.43. The minimum Gasteiger partial charge on any atom is -0.349 e. The standard InChI is InChI=1S/C19H34FN5O2/c1-11-16(20)18(21-2)25-19(23-11)24-13-8-14(12-4-3-6-22-7-5-12)17-15(9-13)26-10-27-17/h5,11,13-19,21-25H,3-4,6-10H2,1-2H3. The van der Waals surface area contributed by atoms with Gasteiger partial charge < -0.3 is 20.1 Å². The van der Waals surface area contributed by atoms with E-state index >= 15 is 0 Å². The SMILES string of the molecule is CNC1NC(NC2CC3OCOC3C(C3=CCNCCC3)C2)NC(C)C1F. The van der Waals surface area contributed by atoms with E-state index in [4.69, 9.17) is 9.47 Å². The minimum atomic E-state index is -0.966. The van der Waals surface area contributed by atoms with Crippen molar-refractivity contribution in [2.24, 2.45) is 5.92 Å². The van der Waals surface area contributed by atoms with Gasteiger partial charge in [-0.25, -0.2) is 4.39 Å². The van der Waals surface area contributed by atoms with Crippen LogP contribution in [0.3, 0.4) is 0 Å². The van der Waals surface area contributed by atoms with Crippen LogP contribution in [-0.4, -0.2) is 69.8 Å². The smallest absolute Gasteiger partial charge is 0.147 e. The van der Waals surface area contributed by atoms with E-state index in [0.29, 0.717) is 18.8 Å². The van der Waals surface area contributed by atoms with Crippen molar-refractivity contribution in [3.05, 3.63) is 11.6 Å². The van der Waals surface area contributed by atoms with E-state index in [9.17, 15) is 4.39 Å². The first kappa shape index (κ1) is 19.7. The van der Waals surface area contributed by atoms with Gasteiger partial charge >= 0.3 is 0 Å². The molecule has 1 aliphatic carbocycles. The Balaban J connectivity index is 1.43. The summed E-state index contributed by atoms with van der Waals surface area (Å²) in [5, 5.41) is 16.7. The minimum absolute atomic E-state index is 0.126. The van der Waals surface area contributed by atoms with Crippen LogP contribution in [0.1, 0.15) is 32.6 Å². The zero-order valence-corrected chi connectivity index (χ0v) is 16.3. The fourth-order valence-electron chi connectivity index (χ4n) is 5.00. The molecule has 2 saturated heterocycles. The molecule has 8 heteroatoms. The van der Waals surface area contributed by atoms with Crippen LogP contribution >= 0.6 is 0 Å². The van der Waals surface area contributed by atoms with Gasteiger partial charge in [0.05, 0.1) is 18.4 Å². The molecule has 3 fully saturated rings. The Morgan fingerprint density at radius 1 is 1.22 bits per heavy atom. The lowest BCUT2D eigenvalue weighted by molar-refractivity contribution is 0.0298. The van der Waals surface area contributed by atoms with E-state index in [0.717, 1.165) is 32.4 Å². The molecule has 0 aromatic heterocycles. The first-order chi connectivity index (χ1) is 13.2. The molecule has 0 spiro atoms. The fraction of sp³-hybridized carbons (Fsp3) is 0.895. The molecule has 154 valence electrons. The molecule has 0 aromatic rings. The molecule has 0 radical (unpaired) electrons. The van der Waals surface area contributed by atoms with Crippen LogP contribution in [0, 0.1) is 5.92 Å². The van der Waals surface area contributed by atoms with Crippen molar-refractivity contribution in [1.29, 1.82) is 0 Å². The molecule has 4 aliphatic rings. The highest BCUT2D eigenvalue weighted by atomic mass is 19.1. The van der Waals surface area contributed by atoms with Gasteiger partial charge in [-0.2, -0.15) is 0 Å². The molecule has 0 amide bonds. The Labute approximate surface area is 161 Å². The van der Waals surface area contributed by atoms with Crippen molar-refractivity contribution in [3.8, 4) is 0 Å². The summed E-state index contributed by atoms with van der Waals surface area (Å²) in [6.07, 6.45) is 5.44. The predicted octanol–water partition coefficient (Wildman–Crippen LogP) is 0.154. The Morgan fingerprint density at radius 2 is 2.11 bits per heavy atom. The molecule has 5 N–H and O–H groups in total. The number of hydrogen-bond acceptors (Lipinski definition) is 7. The van der Waals surface area contributed by atoms with Gasteiger partial charge in [-0.1, -0.05) is 11.6 Å². The maximum absolute atomic E-state index is 14.2. The highest BCUT2D eigenvalue weighted by molar-refractivity contribution is 5.15. The second-order valence-electron chi connectivity index (χ2n) is 8.25. The molecule has 0 aromatic carbocycles. The van der Waals surface area contributed by atoms with Crippen molar-refractivity contribution in [2.45, 2.75) is 75.5 Å². The summed E-state index contributed by atoms with van der Waals surface area (Å²) >= 11 is 0. The summed E-state index contributed by atoms with van der Waals surface area (Å²) in [4.78, 5) is 0. The lowest BCUT2D eigenvalue weighted by Crippen LogP contribution is -2.72. The van der Waals surface area contributed by atoms with Gasteiger partial charge in [-0.15, -0.1) is 0 Å². The molecule has 3 heterocycles. The van der Waals surface area contributed by atoms with Gasteiger partial charge in [0.1, 0.15) is 19.3 Å². The van der Waals surface area contributed by atoms with Gasteiger partial charge in [0.15, 0.2) is 0 Å². The fourth-order valence-corrected chi connectivity index (χ4v) is 5.00. The summed E-state index contributed by atoms with van der Waals surface area (Å²) in [7, 11) is 1.79. The third-order valence-electron chi connectivity index (χ3n) is 6.45. The van der Waals surface area contributed by atoms with E-state index in [2.05, 4.69) is 32.7 Å². The second kappa shape index (κ2) is 8.82. The van der Waals surface area contributed by atoms with Crippen LogP contribution in [0.15, 0.2) is 11.6 Å². The summed E-state index contributed by atoms with van der Waals surface area (Å²) in [6, 6.07) is 0.0796. The average Bonchev–Trinajstić information content (AvgIpc) is 2.96. The lowest BCUT2D eigenvalue weighted by atomic mass is 9.76. The quantitative estimate of drug-likeness (QED) is 0.443. The Bertz CT molecular complexity index is 536. The number of rotatable bonds is 4. The summed E-state index contributed by atoms with van der Waals surface area (Å²) < 4.78 is 26.1.